The summed E-state index contributed by atoms with van der Waals surface area (Å²) in [7, 11) is 1.53. The SMILES string of the molecule is COc1ccc2c(-c3csc(=S)n3OC(C)=O)cc(=O)oc2c1. The lowest BCUT2D eigenvalue weighted by atomic mass is 10.1. The standard InChI is InChI=1S/C15H11NO5S2/c1-8(17)21-16-12(7-23-15(16)22)11-6-14(18)20-13-5-9(19-2)3-4-10(11)13/h3-7H,1-2H3. The van der Waals surface area contributed by atoms with E-state index < -0.39 is 11.6 Å². The average Bonchev–Trinajstić information content (AvgIpc) is 2.86. The second-order valence-corrected chi connectivity index (χ2v) is 6.11. The number of nitrogens with zero attached hydrogens (tertiary/aromatic N) is 1. The molecule has 0 atom stereocenters. The van der Waals surface area contributed by atoms with Gasteiger partial charge < -0.3 is 14.0 Å². The van der Waals surface area contributed by atoms with Crippen LogP contribution in [-0.2, 0) is 4.79 Å². The number of carbonyl (C=O) groups is 1. The average molecular weight is 349 g/mol. The molecule has 1 aromatic carbocycles. The Balaban J connectivity index is 2.31. The van der Waals surface area contributed by atoms with E-state index in [0.29, 0.717) is 31.9 Å². The molecule has 0 fully saturated rings. The van der Waals surface area contributed by atoms with Crippen molar-refractivity contribution in [2.75, 3.05) is 7.11 Å². The maximum atomic E-state index is 11.9. The number of fused-ring (bicyclic) bond motifs is 1. The van der Waals surface area contributed by atoms with Gasteiger partial charge in [0.15, 0.2) is 3.95 Å². The van der Waals surface area contributed by atoms with Gasteiger partial charge in [-0.1, -0.05) is 0 Å². The van der Waals surface area contributed by atoms with Crippen molar-refractivity contribution in [1.29, 1.82) is 0 Å². The van der Waals surface area contributed by atoms with E-state index in [0.717, 1.165) is 0 Å². The Labute approximate surface area is 139 Å². The first-order chi connectivity index (χ1) is 11.0. The number of rotatable bonds is 3. The van der Waals surface area contributed by atoms with Gasteiger partial charge in [0, 0.05) is 35.4 Å². The highest BCUT2D eigenvalue weighted by Gasteiger charge is 2.15. The third kappa shape index (κ3) is 2.90. The quantitative estimate of drug-likeness (QED) is 0.535. The Morgan fingerprint density at radius 2 is 2.13 bits per heavy atom. The van der Waals surface area contributed by atoms with Crippen LogP contribution in [0.3, 0.4) is 0 Å². The second-order valence-electron chi connectivity index (χ2n) is 4.61. The van der Waals surface area contributed by atoms with Crippen molar-refractivity contribution in [2.24, 2.45) is 0 Å². The summed E-state index contributed by atoms with van der Waals surface area (Å²) in [5.41, 5.74) is 0.927. The highest BCUT2D eigenvalue weighted by Crippen LogP contribution is 2.31. The lowest BCUT2D eigenvalue weighted by Crippen LogP contribution is -2.17. The maximum absolute atomic E-state index is 11.9. The molecule has 0 radical (unpaired) electrons. The van der Waals surface area contributed by atoms with Crippen LogP contribution in [-0.4, -0.2) is 17.8 Å². The zero-order valence-corrected chi connectivity index (χ0v) is 13.8. The molecule has 0 aliphatic rings. The fourth-order valence-electron chi connectivity index (χ4n) is 2.17. The van der Waals surface area contributed by atoms with Crippen molar-refractivity contribution < 1.29 is 18.8 Å². The monoisotopic (exact) mass is 349 g/mol. The zero-order valence-electron chi connectivity index (χ0n) is 12.2. The maximum Gasteiger partial charge on any atom is 0.336 e. The summed E-state index contributed by atoms with van der Waals surface area (Å²) >= 11 is 6.40. The Hall–Kier alpha value is -2.45. The minimum absolute atomic E-state index is 0.366. The molecule has 0 bridgehead atoms. The van der Waals surface area contributed by atoms with Crippen LogP contribution in [0.4, 0.5) is 0 Å². The highest BCUT2D eigenvalue weighted by atomic mass is 32.1. The zero-order chi connectivity index (χ0) is 16.6. The van der Waals surface area contributed by atoms with E-state index in [9.17, 15) is 9.59 Å². The van der Waals surface area contributed by atoms with Gasteiger partial charge >= 0.3 is 11.6 Å². The van der Waals surface area contributed by atoms with Crippen molar-refractivity contribution in [3.63, 3.8) is 0 Å². The number of carbonyl (C=O) groups excluding carboxylic acids is 1. The second kappa shape index (κ2) is 5.98. The van der Waals surface area contributed by atoms with Gasteiger partial charge in [-0.05, 0) is 24.4 Å². The van der Waals surface area contributed by atoms with Gasteiger partial charge in [0.1, 0.15) is 17.0 Å². The predicted octanol–water partition coefficient (Wildman–Crippen LogP) is 3.04. The Morgan fingerprint density at radius 3 is 2.83 bits per heavy atom. The molecule has 23 heavy (non-hydrogen) atoms. The summed E-state index contributed by atoms with van der Waals surface area (Å²) in [5.74, 6) is 0.0645. The van der Waals surface area contributed by atoms with E-state index in [-0.39, 0.29) is 0 Å². The minimum Gasteiger partial charge on any atom is -0.497 e. The van der Waals surface area contributed by atoms with Gasteiger partial charge in [-0.3, -0.25) is 0 Å². The molecule has 0 saturated heterocycles. The molecule has 2 aromatic heterocycles. The molecule has 3 rings (SSSR count). The van der Waals surface area contributed by atoms with Gasteiger partial charge in [0.05, 0.1) is 7.11 Å². The van der Waals surface area contributed by atoms with E-state index in [1.165, 1.54) is 36.2 Å². The number of benzene rings is 1. The molecule has 0 amide bonds. The molecular formula is C15H11NO5S2. The fraction of sp³-hybridized carbons (Fsp3) is 0.133. The van der Waals surface area contributed by atoms with Crippen LogP contribution >= 0.6 is 23.6 Å². The Kier molecular flexibility index (Phi) is 4.01. The van der Waals surface area contributed by atoms with Crippen LogP contribution in [0.1, 0.15) is 6.92 Å². The molecule has 0 unspecified atom stereocenters. The van der Waals surface area contributed by atoms with E-state index in [4.69, 9.17) is 26.2 Å². The summed E-state index contributed by atoms with van der Waals surface area (Å²) in [6, 6.07) is 6.48. The molecule has 6 nitrogen and oxygen atoms in total. The van der Waals surface area contributed by atoms with Crippen LogP contribution in [0.25, 0.3) is 22.2 Å². The van der Waals surface area contributed by atoms with Crippen LogP contribution in [0, 0.1) is 3.95 Å². The molecule has 2 heterocycles. The molecule has 118 valence electrons. The van der Waals surface area contributed by atoms with Crippen molar-refractivity contribution in [1.82, 2.24) is 4.73 Å². The van der Waals surface area contributed by atoms with Gasteiger partial charge in [-0.25, -0.2) is 9.59 Å². The first kappa shape index (κ1) is 15.4. The smallest absolute Gasteiger partial charge is 0.336 e. The van der Waals surface area contributed by atoms with E-state index >= 15 is 0 Å². The number of methoxy groups -OCH3 is 1. The lowest BCUT2D eigenvalue weighted by molar-refractivity contribution is -0.141. The van der Waals surface area contributed by atoms with Gasteiger partial charge in [-0.15, -0.1) is 11.3 Å². The first-order valence-corrected chi connectivity index (χ1v) is 7.80. The van der Waals surface area contributed by atoms with Crippen LogP contribution in [0.2, 0.25) is 0 Å². The number of hydrogen-bond acceptors (Lipinski definition) is 7. The summed E-state index contributed by atoms with van der Waals surface area (Å²) in [6.45, 7) is 1.28. The fourth-order valence-corrected chi connectivity index (χ4v) is 3.12. The largest absolute Gasteiger partial charge is 0.497 e. The molecule has 0 saturated carbocycles. The van der Waals surface area contributed by atoms with Crippen molar-refractivity contribution in [3.8, 4) is 17.0 Å². The molecule has 0 N–H and O–H groups in total. The Bertz CT molecular complexity index is 1010. The van der Waals surface area contributed by atoms with Crippen LogP contribution in [0.5, 0.6) is 5.75 Å². The van der Waals surface area contributed by atoms with E-state index in [2.05, 4.69) is 0 Å². The Morgan fingerprint density at radius 1 is 1.35 bits per heavy atom. The van der Waals surface area contributed by atoms with Gasteiger partial charge in [0.2, 0.25) is 0 Å². The van der Waals surface area contributed by atoms with Gasteiger partial charge in [-0.2, -0.15) is 4.73 Å². The third-order valence-corrected chi connectivity index (χ3v) is 4.27. The van der Waals surface area contributed by atoms with Crippen molar-refractivity contribution in [2.45, 2.75) is 6.92 Å². The summed E-state index contributed by atoms with van der Waals surface area (Å²) in [4.78, 5) is 28.3. The third-order valence-electron chi connectivity index (χ3n) is 3.10. The number of ether oxygens (including phenoxy) is 1. The molecular weight excluding hydrogens is 338 g/mol. The van der Waals surface area contributed by atoms with E-state index in [1.807, 2.05) is 0 Å². The van der Waals surface area contributed by atoms with Crippen molar-refractivity contribution in [3.05, 3.63) is 44.0 Å². The summed E-state index contributed by atoms with van der Waals surface area (Å²) < 4.78 is 12.0. The van der Waals surface area contributed by atoms with Gasteiger partial charge in [0.25, 0.3) is 0 Å². The normalized spacial score (nSPS) is 10.7. The molecule has 3 aromatic rings. The minimum atomic E-state index is -0.521. The van der Waals surface area contributed by atoms with Crippen molar-refractivity contribution >= 4 is 40.5 Å². The first-order valence-electron chi connectivity index (χ1n) is 6.51. The van der Waals surface area contributed by atoms with E-state index in [1.54, 1.807) is 23.6 Å². The molecule has 8 heteroatoms. The number of hydrogen-bond donors (Lipinski definition) is 0. The number of aromatic nitrogens is 1. The molecule has 0 aliphatic carbocycles. The molecule has 0 spiro atoms. The topological polar surface area (TPSA) is 70.7 Å². The summed E-state index contributed by atoms with van der Waals surface area (Å²) in [6.07, 6.45) is 0. The lowest BCUT2D eigenvalue weighted by Gasteiger charge is -2.09. The highest BCUT2D eigenvalue weighted by molar-refractivity contribution is 7.73. The van der Waals surface area contributed by atoms with Crippen LogP contribution < -0.4 is 15.2 Å². The number of thiazole rings is 1. The van der Waals surface area contributed by atoms with Crippen LogP contribution in [0.15, 0.2) is 38.9 Å². The summed E-state index contributed by atoms with van der Waals surface area (Å²) in [5, 5.41) is 2.41. The predicted molar refractivity (Wildman–Crippen MR) is 88.4 cm³/mol. The molecule has 0 aliphatic heterocycles.